The van der Waals surface area contributed by atoms with Crippen LogP contribution in [-0.4, -0.2) is 41.5 Å². The smallest absolute Gasteiger partial charge is 0.268 e. The minimum absolute atomic E-state index is 0.0601. The first-order valence-corrected chi connectivity index (χ1v) is 8.18. The summed E-state index contributed by atoms with van der Waals surface area (Å²) in [5.41, 5.74) is 0.284. The Kier molecular flexibility index (Phi) is 4.67. The van der Waals surface area contributed by atoms with Gasteiger partial charge in [-0.25, -0.2) is 18.1 Å². The van der Waals surface area contributed by atoms with E-state index in [1.165, 1.54) is 23.9 Å². The highest BCUT2D eigenvalue weighted by Gasteiger charge is 2.20. The molecule has 2 rings (SSSR count). The molecule has 9 heteroatoms. The lowest BCUT2D eigenvalue weighted by molar-refractivity contribution is 0.0928. The summed E-state index contributed by atoms with van der Waals surface area (Å²) in [6, 6.07) is 1.23. The molecule has 1 atom stereocenters. The summed E-state index contributed by atoms with van der Waals surface area (Å²) in [6.45, 7) is 2.45. The van der Waals surface area contributed by atoms with Crippen LogP contribution < -0.4 is 10.0 Å². The highest BCUT2D eigenvalue weighted by Crippen LogP contribution is 2.13. The van der Waals surface area contributed by atoms with Gasteiger partial charge in [0.2, 0.25) is 10.0 Å². The summed E-state index contributed by atoms with van der Waals surface area (Å²) < 4.78 is 29.1. The zero-order chi connectivity index (χ0) is 16.3. The molecule has 1 amide bonds. The van der Waals surface area contributed by atoms with Crippen molar-refractivity contribution in [2.45, 2.75) is 24.4 Å². The molecular weight excluding hydrogens is 306 g/mol. The number of imidazole rings is 1. The van der Waals surface area contributed by atoms with Gasteiger partial charge in [0.1, 0.15) is 10.6 Å². The molecule has 0 spiro atoms. The third-order valence-corrected chi connectivity index (χ3v) is 4.59. The molecule has 0 saturated carbocycles. The lowest BCUT2D eigenvalue weighted by atomic mass is 10.3. The molecule has 0 bridgehead atoms. The van der Waals surface area contributed by atoms with Gasteiger partial charge in [0, 0.05) is 38.2 Å². The molecule has 0 aliphatic rings. The highest BCUT2D eigenvalue weighted by atomic mass is 32.2. The third-order valence-electron chi connectivity index (χ3n) is 3.21. The number of sulfonamides is 1. The summed E-state index contributed by atoms with van der Waals surface area (Å²) in [5.74, 6) is -0.326. The van der Waals surface area contributed by atoms with Crippen molar-refractivity contribution in [1.82, 2.24) is 24.2 Å². The highest BCUT2D eigenvalue weighted by molar-refractivity contribution is 7.89. The maximum atomic E-state index is 12.3. The van der Waals surface area contributed by atoms with Crippen LogP contribution in [0.3, 0.4) is 0 Å². The van der Waals surface area contributed by atoms with Gasteiger partial charge in [-0.2, -0.15) is 0 Å². The SMILES string of the molecule is CNS(=O)(=O)c1cc(C(=O)NC(C)Cn2ccnc2)n(C)c1. The van der Waals surface area contributed by atoms with Crippen LogP contribution in [0.5, 0.6) is 0 Å². The second-order valence-electron chi connectivity index (χ2n) is 5.01. The van der Waals surface area contributed by atoms with E-state index < -0.39 is 10.0 Å². The molecule has 2 aromatic heterocycles. The van der Waals surface area contributed by atoms with Gasteiger partial charge in [-0.1, -0.05) is 0 Å². The number of hydrogen-bond acceptors (Lipinski definition) is 4. The minimum Gasteiger partial charge on any atom is -0.347 e. The molecule has 22 heavy (non-hydrogen) atoms. The Morgan fingerprint density at radius 2 is 2.18 bits per heavy atom. The Morgan fingerprint density at radius 3 is 2.77 bits per heavy atom. The molecule has 0 radical (unpaired) electrons. The fraction of sp³-hybridized carbons (Fsp3) is 0.385. The predicted octanol–water partition coefficient (Wildman–Crippen LogP) is -0.0518. The van der Waals surface area contributed by atoms with Crippen LogP contribution in [0.25, 0.3) is 0 Å². The molecule has 0 aliphatic carbocycles. The van der Waals surface area contributed by atoms with Crippen molar-refractivity contribution in [2.75, 3.05) is 7.05 Å². The predicted molar refractivity (Wildman–Crippen MR) is 80.8 cm³/mol. The van der Waals surface area contributed by atoms with Gasteiger partial charge < -0.3 is 14.5 Å². The van der Waals surface area contributed by atoms with Crippen LogP contribution in [0.2, 0.25) is 0 Å². The number of aryl methyl sites for hydroxylation is 1. The molecule has 2 N–H and O–H groups in total. The van der Waals surface area contributed by atoms with Gasteiger partial charge >= 0.3 is 0 Å². The zero-order valence-electron chi connectivity index (χ0n) is 12.6. The van der Waals surface area contributed by atoms with Gasteiger partial charge in [-0.15, -0.1) is 0 Å². The molecule has 2 aromatic rings. The van der Waals surface area contributed by atoms with Crippen molar-refractivity contribution in [1.29, 1.82) is 0 Å². The summed E-state index contributed by atoms with van der Waals surface area (Å²) in [4.78, 5) is 16.3. The van der Waals surface area contributed by atoms with E-state index in [0.29, 0.717) is 6.54 Å². The van der Waals surface area contributed by atoms with E-state index in [1.807, 2.05) is 17.7 Å². The van der Waals surface area contributed by atoms with Gasteiger partial charge in [0.05, 0.1) is 6.33 Å². The lowest BCUT2D eigenvalue weighted by Gasteiger charge is -2.14. The standard InChI is InChI=1S/C13H19N5O3S/c1-10(7-18-5-4-15-9-18)16-13(19)12-6-11(8-17(12)3)22(20,21)14-2/h4-6,8-10,14H,7H2,1-3H3,(H,16,19). The number of hydrogen-bond donors (Lipinski definition) is 2. The fourth-order valence-electron chi connectivity index (χ4n) is 2.08. The van der Waals surface area contributed by atoms with Crippen LogP contribution in [0, 0.1) is 0 Å². The van der Waals surface area contributed by atoms with Crippen LogP contribution in [0.4, 0.5) is 0 Å². The van der Waals surface area contributed by atoms with E-state index in [1.54, 1.807) is 19.6 Å². The van der Waals surface area contributed by atoms with Crippen LogP contribution in [0.1, 0.15) is 17.4 Å². The molecule has 0 fully saturated rings. The summed E-state index contributed by atoms with van der Waals surface area (Å²) in [5, 5.41) is 2.83. The van der Waals surface area contributed by atoms with Crippen LogP contribution >= 0.6 is 0 Å². The number of rotatable bonds is 6. The number of amides is 1. The fourth-order valence-corrected chi connectivity index (χ4v) is 2.88. The van der Waals surface area contributed by atoms with E-state index in [9.17, 15) is 13.2 Å². The van der Waals surface area contributed by atoms with Crippen molar-refractivity contribution in [3.63, 3.8) is 0 Å². The monoisotopic (exact) mass is 325 g/mol. The van der Waals surface area contributed by atoms with Crippen molar-refractivity contribution in [3.8, 4) is 0 Å². The van der Waals surface area contributed by atoms with E-state index in [-0.39, 0.29) is 22.5 Å². The van der Waals surface area contributed by atoms with E-state index in [2.05, 4.69) is 15.0 Å². The maximum Gasteiger partial charge on any atom is 0.268 e. The van der Waals surface area contributed by atoms with E-state index in [4.69, 9.17) is 0 Å². The molecule has 0 saturated heterocycles. The van der Waals surface area contributed by atoms with E-state index in [0.717, 1.165) is 0 Å². The molecule has 8 nitrogen and oxygen atoms in total. The molecular formula is C13H19N5O3S. The van der Waals surface area contributed by atoms with Crippen molar-refractivity contribution in [3.05, 3.63) is 36.7 Å². The summed E-state index contributed by atoms with van der Waals surface area (Å²) in [6.07, 6.45) is 6.55. The molecule has 0 aliphatic heterocycles. The van der Waals surface area contributed by atoms with E-state index >= 15 is 0 Å². The zero-order valence-corrected chi connectivity index (χ0v) is 13.5. The van der Waals surface area contributed by atoms with Crippen molar-refractivity contribution >= 4 is 15.9 Å². The number of nitrogens with one attached hydrogen (secondary N) is 2. The average Bonchev–Trinajstić information content (AvgIpc) is 3.08. The lowest BCUT2D eigenvalue weighted by Crippen LogP contribution is -2.36. The number of carbonyl (C=O) groups excluding carboxylic acids is 1. The van der Waals surface area contributed by atoms with Gasteiger partial charge in [-0.3, -0.25) is 4.79 Å². The Labute approximate surface area is 129 Å². The first-order valence-electron chi connectivity index (χ1n) is 6.70. The average molecular weight is 325 g/mol. The maximum absolute atomic E-state index is 12.3. The molecule has 0 aromatic carbocycles. The quantitative estimate of drug-likeness (QED) is 0.778. The minimum atomic E-state index is -3.57. The van der Waals surface area contributed by atoms with Crippen molar-refractivity contribution in [2.24, 2.45) is 7.05 Å². The van der Waals surface area contributed by atoms with Crippen LogP contribution in [0.15, 0.2) is 35.9 Å². The first kappa shape index (κ1) is 16.2. The first-order chi connectivity index (χ1) is 10.3. The second-order valence-corrected chi connectivity index (χ2v) is 6.90. The van der Waals surface area contributed by atoms with Gasteiger partial charge in [0.25, 0.3) is 5.91 Å². The largest absolute Gasteiger partial charge is 0.347 e. The topological polar surface area (TPSA) is 98.0 Å². The Balaban J connectivity index is 2.10. The summed E-state index contributed by atoms with van der Waals surface area (Å²) in [7, 11) is -0.608. The van der Waals surface area contributed by atoms with Gasteiger partial charge in [-0.05, 0) is 20.0 Å². The third kappa shape index (κ3) is 3.55. The van der Waals surface area contributed by atoms with Crippen molar-refractivity contribution < 1.29 is 13.2 Å². The summed E-state index contributed by atoms with van der Waals surface area (Å²) >= 11 is 0. The number of carbonyl (C=O) groups is 1. The normalized spacial score (nSPS) is 13.0. The Morgan fingerprint density at radius 1 is 1.45 bits per heavy atom. The Bertz CT molecular complexity index is 749. The molecule has 1 unspecified atom stereocenters. The molecule has 2 heterocycles. The van der Waals surface area contributed by atoms with Gasteiger partial charge in [0.15, 0.2) is 0 Å². The van der Waals surface area contributed by atoms with Crippen LogP contribution in [-0.2, 0) is 23.6 Å². The number of nitrogens with zero attached hydrogens (tertiary/aromatic N) is 3. The number of aromatic nitrogens is 3. The molecule has 120 valence electrons. The Hall–Kier alpha value is -2.13. The second kappa shape index (κ2) is 6.32.